The first-order chi connectivity index (χ1) is 18.7. The average molecular weight is 534 g/mol. The zero-order valence-electron chi connectivity index (χ0n) is 22.4. The second-order valence-corrected chi connectivity index (χ2v) is 9.85. The first-order valence-corrected chi connectivity index (χ1v) is 12.9. The van der Waals surface area contributed by atoms with Crippen LogP contribution in [0.2, 0.25) is 0 Å². The topological polar surface area (TPSA) is 147 Å². The third-order valence-electron chi connectivity index (χ3n) is 7.20. The van der Waals surface area contributed by atoms with Crippen molar-refractivity contribution in [2.24, 2.45) is 5.73 Å². The number of amides is 2. The molecule has 0 aliphatic carbocycles. The maximum absolute atomic E-state index is 13.5. The Morgan fingerprint density at radius 2 is 1.23 bits per heavy atom. The predicted molar refractivity (Wildman–Crippen MR) is 147 cm³/mol. The van der Waals surface area contributed by atoms with E-state index in [4.69, 9.17) is 21.3 Å². The number of guanidine groups is 1. The Balaban J connectivity index is 1.42. The Morgan fingerprint density at radius 1 is 0.744 bits per heavy atom. The number of carbonyl (C=O) groups is 3. The summed E-state index contributed by atoms with van der Waals surface area (Å²) in [5.74, 6) is -0.739. The first kappa shape index (κ1) is 27.8. The number of esters is 1. The fourth-order valence-electron chi connectivity index (χ4n) is 4.89. The highest BCUT2D eigenvalue weighted by Gasteiger charge is 2.27. The molecule has 0 unspecified atom stereocenters. The van der Waals surface area contributed by atoms with Gasteiger partial charge in [-0.15, -0.1) is 0 Å². The number of piperazine rings is 2. The molecule has 2 heterocycles. The molecule has 2 aliphatic rings. The number of nitrogens with zero attached hydrogens (tertiary/aromatic N) is 4. The molecular weight excluding hydrogens is 498 g/mol. The predicted octanol–water partition coefficient (Wildman–Crippen LogP) is 1.47. The van der Waals surface area contributed by atoms with Crippen molar-refractivity contribution in [2.75, 3.05) is 59.5 Å². The van der Waals surface area contributed by atoms with E-state index < -0.39 is 5.97 Å². The van der Waals surface area contributed by atoms with Crippen LogP contribution >= 0.6 is 0 Å². The summed E-state index contributed by atoms with van der Waals surface area (Å²) < 4.78 is 4.93. The molecule has 2 saturated heterocycles. The molecule has 0 bridgehead atoms. The summed E-state index contributed by atoms with van der Waals surface area (Å²) in [7, 11) is 1.31. The van der Waals surface area contributed by atoms with Crippen LogP contribution < -0.4 is 5.73 Å². The second-order valence-electron chi connectivity index (χ2n) is 9.85. The second kappa shape index (κ2) is 12.1. The maximum Gasteiger partial charge on any atom is 0.337 e. The van der Waals surface area contributed by atoms with E-state index >= 15 is 0 Å². The van der Waals surface area contributed by atoms with Gasteiger partial charge in [0.25, 0.3) is 11.8 Å². The third-order valence-corrected chi connectivity index (χ3v) is 7.20. The Bertz CT molecular complexity index is 1260. The van der Waals surface area contributed by atoms with Crippen LogP contribution in [0.15, 0.2) is 42.5 Å². The standard InChI is InChI=1S/C28H35N7O4/c1-19(29)21-3-5-22(6-4-21)25(36)33-11-13-34(14-12-33)26(37)23-15-20(16-24(17-23)27(38)39-2)18-32-7-9-35(10-8-32)28(30)31/h3-6,15-17,29H,7-14,18H2,1-2H3,(H3,30,31). The van der Waals surface area contributed by atoms with E-state index in [0.717, 1.165) is 11.1 Å². The van der Waals surface area contributed by atoms with Gasteiger partial charge in [0.05, 0.1) is 12.7 Å². The molecule has 0 saturated carbocycles. The van der Waals surface area contributed by atoms with Gasteiger partial charge < -0.3 is 30.6 Å². The summed E-state index contributed by atoms with van der Waals surface area (Å²) in [4.78, 5) is 46.3. The van der Waals surface area contributed by atoms with Gasteiger partial charge in [0.2, 0.25) is 0 Å². The molecule has 11 nitrogen and oxygen atoms in total. The highest BCUT2D eigenvalue weighted by atomic mass is 16.5. The van der Waals surface area contributed by atoms with Crippen molar-refractivity contribution >= 4 is 29.5 Å². The number of hydrogen-bond donors (Lipinski definition) is 3. The van der Waals surface area contributed by atoms with Crippen LogP contribution in [-0.2, 0) is 11.3 Å². The molecule has 2 aromatic rings. The molecule has 2 fully saturated rings. The third kappa shape index (κ3) is 6.61. The summed E-state index contributed by atoms with van der Waals surface area (Å²) >= 11 is 0. The highest BCUT2D eigenvalue weighted by molar-refractivity contribution is 6.00. The number of nitrogens with one attached hydrogen (secondary N) is 2. The van der Waals surface area contributed by atoms with Crippen LogP contribution in [0, 0.1) is 10.8 Å². The number of nitrogens with two attached hydrogens (primary N) is 1. The minimum Gasteiger partial charge on any atom is -0.465 e. The van der Waals surface area contributed by atoms with Crippen molar-refractivity contribution in [1.29, 1.82) is 10.8 Å². The van der Waals surface area contributed by atoms with Gasteiger partial charge in [-0.05, 0) is 48.4 Å². The van der Waals surface area contributed by atoms with Crippen LogP contribution in [0.5, 0.6) is 0 Å². The zero-order valence-corrected chi connectivity index (χ0v) is 22.4. The Morgan fingerprint density at radius 3 is 1.74 bits per heavy atom. The zero-order chi connectivity index (χ0) is 28.1. The monoisotopic (exact) mass is 533 g/mol. The Labute approximate surface area is 228 Å². The molecule has 4 rings (SSSR count). The molecule has 2 aliphatic heterocycles. The molecule has 39 heavy (non-hydrogen) atoms. The Hall–Kier alpha value is -4.25. The molecule has 0 spiro atoms. The minimum atomic E-state index is -0.507. The number of carbonyl (C=O) groups excluding carboxylic acids is 3. The quantitative estimate of drug-likeness (QED) is 0.289. The van der Waals surface area contributed by atoms with Crippen molar-refractivity contribution in [3.8, 4) is 0 Å². The lowest BCUT2D eigenvalue weighted by Gasteiger charge is -2.35. The maximum atomic E-state index is 13.5. The van der Waals surface area contributed by atoms with Gasteiger partial charge in [-0.1, -0.05) is 12.1 Å². The Kier molecular flexibility index (Phi) is 8.60. The van der Waals surface area contributed by atoms with E-state index in [2.05, 4.69) is 4.90 Å². The van der Waals surface area contributed by atoms with Crippen LogP contribution in [0.25, 0.3) is 0 Å². The van der Waals surface area contributed by atoms with Crippen LogP contribution in [0.1, 0.15) is 49.1 Å². The smallest absolute Gasteiger partial charge is 0.337 e. The molecule has 0 radical (unpaired) electrons. The van der Waals surface area contributed by atoms with E-state index in [1.165, 1.54) is 7.11 Å². The fraction of sp³-hybridized carbons (Fsp3) is 0.393. The van der Waals surface area contributed by atoms with E-state index in [-0.39, 0.29) is 17.8 Å². The van der Waals surface area contributed by atoms with Crippen LogP contribution in [-0.4, -0.2) is 109 Å². The molecule has 206 valence electrons. The van der Waals surface area contributed by atoms with Crippen molar-refractivity contribution < 1.29 is 19.1 Å². The van der Waals surface area contributed by atoms with Crippen molar-refractivity contribution in [3.63, 3.8) is 0 Å². The molecule has 11 heteroatoms. The van der Waals surface area contributed by atoms with Crippen molar-refractivity contribution in [3.05, 3.63) is 70.3 Å². The lowest BCUT2D eigenvalue weighted by Crippen LogP contribution is -2.50. The summed E-state index contributed by atoms with van der Waals surface area (Å²) in [6, 6.07) is 12.1. The SMILES string of the molecule is COC(=O)c1cc(CN2CCN(C(=N)N)CC2)cc(C(=O)N2CCN(C(=O)c3ccc(C(C)=N)cc3)CC2)c1. The lowest BCUT2D eigenvalue weighted by atomic mass is 10.0. The molecular formula is C28H35N7O4. The fourth-order valence-corrected chi connectivity index (χ4v) is 4.89. The minimum absolute atomic E-state index is 0.0628. The summed E-state index contributed by atoms with van der Waals surface area (Å²) in [5.41, 5.74) is 8.92. The van der Waals surface area contributed by atoms with Gasteiger partial charge in [-0.25, -0.2) is 4.79 Å². The number of ether oxygens (including phenoxy) is 1. The van der Waals surface area contributed by atoms with Gasteiger partial charge in [0.1, 0.15) is 0 Å². The van der Waals surface area contributed by atoms with E-state index in [9.17, 15) is 14.4 Å². The number of hydrogen-bond acceptors (Lipinski definition) is 7. The summed E-state index contributed by atoms with van der Waals surface area (Å²) in [5, 5.41) is 15.3. The lowest BCUT2D eigenvalue weighted by molar-refractivity contribution is 0.0534. The molecule has 2 amide bonds. The molecule has 2 aromatic carbocycles. The molecule has 0 atom stereocenters. The van der Waals surface area contributed by atoms with E-state index in [1.54, 1.807) is 53.1 Å². The van der Waals surface area contributed by atoms with Gasteiger partial charge >= 0.3 is 5.97 Å². The summed E-state index contributed by atoms with van der Waals surface area (Å²) in [6.45, 7) is 6.54. The van der Waals surface area contributed by atoms with E-state index in [1.807, 2.05) is 11.0 Å². The average Bonchev–Trinajstić information content (AvgIpc) is 2.96. The van der Waals surface area contributed by atoms with Crippen LogP contribution in [0.4, 0.5) is 0 Å². The van der Waals surface area contributed by atoms with Gasteiger partial charge in [0.15, 0.2) is 5.96 Å². The largest absolute Gasteiger partial charge is 0.465 e. The van der Waals surface area contributed by atoms with E-state index in [0.29, 0.717) is 81.3 Å². The number of benzene rings is 2. The van der Waals surface area contributed by atoms with Crippen molar-refractivity contribution in [1.82, 2.24) is 19.6 Å². The van der Waals surface area contributed by atoms with Gasteiger partial charge in [0, 0.05) is 75.7 Å². The normalized spacial score (nSPS) is 16.1. The van der Waals surface area contributed by atoms with Crippen LogP contribution in [0.3, 0.4) is 0 Å². The first-order valence-electron chi connectivity index (χ1n) is 12.9. The highest BCUT2D eigenvalue weighted by Crippen LogP contribution is 2.18. The van der Waals surface area contributed by atoms with Crippen molar-refractivity contribution in [2.45, 2.75) is 13.5 Å². The van der Waals surface area contributed by atoms with Gasteiger partial charge in [-0.3, -0.25) is 19.9 Å². The number of methoxy groups -OCH3 is 1. The molecule has 4 N–H and O–H groups in total. The summed E-state index contributed by atoms with van der Waals surface area (Å²) in [6.07, 6.45) is 0. The number of rotatable bonds is 6. The molecule has 0 aromatic heterocycles. The van der Waals surface area contributed by atoms with Gasteiger partial charge in [-0.2, -0.15) is 0 Å².